The number of primary amides is 1. The molecule has 0 saturated carbocycles. The summed E-state index contributed by atoms with van der Waals surface area (Å²) in [5, 5.41) is 4.33. The molecule has 2 amide bonds. The molecule has 4 rings (SSSR count). The van der Waals surface area contributed by atoms with E-state index in [0.717, 1.165) is 35.3 Å². The Morgan fingerprint density at radius 3 is 2.68 bits per heavy atom. The van der Waals surface area contributed by atoms with Crippen molar-refractivity contribution < 1.29 is 14.0 Å². The first-order valence-electron chi connectivity index (χ1n) is 9.80. The minimum absolute atomic E-state index is 0.363. The fourth-order valence-electron chi connectivity index (χ4n) is 3.70. The molecule has 0 aliphatic heterocycles. The van der Waals surface area contributed by atoms with Gasteiger partial charge >= 0.3 is 0 Å². The second-order valence-corrected chi connectivity index (χ2v) is 9.58. The van der Waals surface area contributed by atoms with E-state index in [4.69, 9.17) is 33.4 Å². The van der Waals surface area contributed by atoms with E-state index >= 15 is 0 Å². The van der Waals surface area contributed by atoms with E-state index in [-0.39, 0.29) is 5.91 Å². The van der Waals surface area contributed by atoms with Gasteiger partial charge in [0, 0.05) is 26.6 Å². The van der Waals surface area contributed by atoms with Gasteiger partial charge in [0.1, 0.15) is 16.5 Å². The Morgan fingerprint density at radius 2 is 1.97 bits per heavy atom. The van der Waals surface area contributed by atoms with Gasteiger partial charge in [-0.15, -0.1) is 11.3 Å². The van der Waals surface area contributed by atoms with Crippen LogP contribution in [-0.2, 0) is 17.6 Å². The maximum Gasteiger partial charge on any atom is 0.251 e. The number of furan rings is 1. The highest BCUT2D eigenvalue weighted by Crippen LogP contribution is 2.39. The topological polar surface area (TPSA) is 85.3 Å². The first kappa shape index (κ1) is 21.7. The number of carbonyl (C=O) groups excluding carboxylic acids is 2. The van der Waals surface area contributed by atoms with Crippen molar-refractivity contribution in [2.45, 2.75) is 26.2 Å². The van der Waals surface area contributed by atoms with Gasteiger partial charge in [0.25, 0.3) is 5.91 Å². The van der Waals surface area contributed by atoms with Crippen LogP contribution in [0.2, 0.25) is 10.0 Å². The van der Waals surface area contributed by atoms with Crippen LogP contribution in [0.1, 0.15) is 39.9 Å². The van der Waals surface area contributed by atoms with Gasteiger partial charge in [-0.2, -0.15) is 0 Å². The molecule has 31 heavy (non-hydrogen) atoms. The number of thiophene rings is 1. The molecular formula is C23H20Cl2N2O3S. The molecule has 3 aromatic rings. The number of halogens is 2. The summed E-state index contributed by atoms with van der Waals surface area (Å²) in [6.45, 7) is 2.18. The average molecular weight is 475 g/mol. The number of hydrogen-bond acceptors (Lipinski definition) is 4. The molecule has 0 bridgehead atoms. The molecule has 0 fully saturated rings. The molecule has 1 aliphatic carbocycles. The lowest BCUT2D eigenvalue weighted by molar-refractivity contribution is -0.111. The van der Waals surface area contributed by atoms with Gasteiger partial charge in [-0.05, 0) is 67.2 Å². The molecule has 0 radical (unpaired) electrons. The van der Waals surface area contributed by atoms with Gasteiger partial charge in [-0.25, -0.2) is 0 Å². The zero-order valence-corrected chi connectivity index (χ0v) is 19.0. The Morgan fingerprint density at radius 1 is 1.23 bits per heavy atom. The SMILES string of the molecule is CC1CCc2c(sc(NC(=O)/C=C/c3ccc(-c4cc(Cl)cc(Cl)c4)o3)c2C(N)=O)C1. The first-order valence-corrected chi connectivity index (χ1v) is 11.4. The van der Waals surface area contributed by atoms with Crippen molar-refractivity contribution in [2.24, 2.45) is 11.7 Å². The number of benzene rings is 1. The van der Waals surface area contributed by atoms with Gasteiger partial charge in [0.2, 0.25) is 5.91 Å². The van der Waals surface area contributed by atoms with Gasteiger partial charge in [-0.1, -0.05) is 30.1 Å². The van der Waals surface area contributed by atoms with Crippen molar-refractivity contribution in [3.8, 4) is 11.3 Å². The molecule has 2 heterocycles. The third-order valence-corrected chi connectivity index (χ3v) is 6.77. The number of nitrogens with one attached hydrogen (secondary N) is 1. The van der Waals surface area contributed by atoms with Crippen LogP contribution in [0, 0.1) is 5.92 Å². The Kier molecular flexibility index (Phi) is 6.23. The number of carbonyl (C=O) groups is 2. The average Bonchev–Trinajstić information content (AvgIpc) is 3.29. The summed E-state index contributed by atoms with van der Waals surface area (Å²) in [4.78, 5) is 25.6. The van der Waals surface area contributed by atoms with Gasteiger partial charge in [-0.3, -0.25) is 9.59 Å². The lowest BCUT2D eigenvalue weighted by atomic mass is 9.88. The summed E-state index contributed by atoms with van der Waals surface area (Å²) in [5.41, 5.74) is 7.76. The molecule has 1 unspecified atom stereocenters. The van der Waals surface area contributed by atoms with Crippen LogP contribution in [0.25, 0.3) is 17.4 Å². The second kappa shape index (κ2) is 8.91. The van der Waals surface area contributed by atoms with E-state index in [2.05, 4.69) is 12.2 Å². The van der Waals surface area contributed by atoms with E-state index < -0.39 is 5.91 Å². The van der Waals surface area contributed by atoms with Crippen LogP contribution in [0.15, 0.2) is 40.8 Å². The Bertz CT molecular complexity index is 1180. The smallest absolute Gasteiger partial charge is 0.251 e. The Labute approximate surface area is 193 Å². The predicted octanol–water partition coefficient (Wildman–Crippen LogP) is 6.19. The zero-order chi connectivity index (χ0) is 22.1. The standard InChI is InChI=1S/C23H20Cl2N2O3S/c1-12-2-5-17-19(8-12)31-23(21(17)22(26)29)27-20(28)7-4-16-3-6-18(30-16)13-9-14(24)11-15(25)10-13/h3-4,6-7,9-12H,2,5,8H2,1H3,(H2,26,29)(H,27,28)/b7-4+. The monoisotopic (exact) mass is 474 g/mol. The Hall–Kier alpha value is -2.54. The number of anilines is 1. The van der Waals surface area contributed by atoms with Crippen molar-refractivity contribution >= 4 is 57.4 Å². The fourth-order valence-corrected chi connectivity index (χ4v) is 5.65. The van der Waals surface area contributed by atoms with Crippen LogP contribution < -0.4 is 11.1 Å². The van der Waals surface area contributed by atoms with E-state index in [1.807, 2.05) is 0 Å². The summed E-state index contributed by atoms with van der Waals surface area (Å²) < 4.78 is 5.76. The summed E-state index contributed by atoms with van der Waals surface area (Å²) in [7, 11) is 0. The van der Waals surface area contributed by atoms with Crippen molar-refractivity contribution in [2.75, 3.05) is 5.32 Å². The second-order valence-electron chi connectivity index (χ2n) is 7.60. The van der Waals surface area contributed by atoms with E-state index in [1.165, 1.54) is 17.4 Å². The molecule has 1 aromatic carbocycles. The first-order chi connectivity index (χ1) is 14.8. The van der Waals surface area contributed by atoms with Gasteiger partial charge < -0.3 is 15.5 Å². The third kappa shape index (κ3) is 4.87. The van der Waals surface area contributed by atoms with Crippen LogP contribution in [0.5, 0.6) is 0 Å². The van der Waals surface area contributed by atoms with Crippen LogP contribution in [-0.4, -0.2) is 11.8 Å². The van der Waals surface area contributed by atoms with E-state index in [1.54, 1.807) is 36.4 Å². The molecule has 2 aromatic heterocycles. The normalized spacial score (nSPS) is 15.8. The van der Waals surface area contributed by atoms with Crippen LogP contribution >= 0.6 is 34.5 Å². The molecule has 1 aliphatic rings. The summed E-state index contributed by atoms with van der Waals surface area (Å²) >= 11 is 13.5. The molecule has 1 atom stereocenters. The highest BCUT2D eigenvalue weighted by molar-refractivity contribution is 7.17. The molecular weight excluding hydrogens is 455 g/mol. The summed E-state index contributed by atoms with van der Waals surface area (Å²) in [6.07, 6.45) is 5.63. The lowest BCUT2D eigenvalue weighted by Crippen LogP contribution is -2.18. The fraction of sp³-hybridized carbons (Fsp3) is 0.217. The molecule has 8 heteroatoms. The summed E-state index contributed by atoms with van der Waals surface area (Å²) in [5.74, 6) is 0.758. The number of hydrogen-bond donors (Lipinski definition) is 2. The van der Waals surface area contributed by atoms with E-state index in [9.17, 15) is 9.59 Å². The molecule has 5 nitrogen and oxygen atoms in total. The quantitative estimate of drug-likeness (QED) is 0.432. The molecule has 3 N–H and O–H groups in total. The molecule has 0 saturated heterocycles. The highest BCUT2D eigenvalue weighted by Gasteiger charge is 2.26. The largest absolute Gasteiger partial charge is 0.457 e. The number of nitrogens with two attached hydrogens (primary N) is 1. The van der Waals surface area contributed by atoms with E-state index in [0.29, 0.717) is 38.0 Å². The van der Waals surface area contributed by atoms with Crippen molar-refractivity contribution in [3.63, 3.8) is 0 Å². The third-order valence-electron chi connectivity index (χ3n) is 5.17. The Balaban J connectivity index is 1.50. The zero-order valence-electron chi connectivity index (χ0n) is 16.7. The van der Waals surface area contributed by atoms with Gasteiger partial charge in [0.15, 0.2) is 0 Å². The van der Waals surface area contributed by atoms with Crippen molar-refractivity contribution in [1.29, 1.82) is 0 Å². The molecule has 160 valence electrons. The number of amides is 2. The minimum atomic E-state index is -0.512. The van der Waals surface area contributed by atoms with Gasteiger partial charge in [0.05, 0.1) is 5.56 Å². The highest BCUT2D eigenvalue weighted by atomic mass is 35.5. The molecule has 0 spiro atoms. The number of rotatable bonds is 5. The van der Waals surface area contributed by atoms with Crippen LogP contribution in [0.4, 0.5) is 5.00 Å². The predicted molar refractivity (Wildman–Crippen MR) is 126 cm³/mol. The summed E-state index contributed by atoms with van der Waals surface area (Å²) in [6, 6.07) is 8.66. The maximum atomic E-state index is 12.5. The van der Waals surface area contributed by atoms with Crippen molar-refractivity contribution in [1.82, 2.24) is 0 Å². The van der Waals surface area contributed by atoms with Crippen LogP contribution in [0.3, 0.4) is 0 Å². The maximum absolute atomic E-state index is 12.5. The lowest BCUT2D eigenvalue weighted by Gasteiger charge is -2.18. The number of fused-ring (bicyclic) bond motifs is 1. The van der Waals surface area contributed by atoms with Crippen molar-refractivity contribution in [3.05, 3.63) is 68.2 Å². The minimum Gasteiger partial charge on any atom is -0.457 e.